The van der Waals surface area contributed by atoms with Gasteiger partial charge in [0.25, 0.3) is 5.78 Å². The van der Waals surface area contributed by atoms with Crippen LogP contribution in [0.5, 0.6) is 0 Å². The second-order valence-corrected chi connectivity index (χ2v) is 7.05. The summed E-state index contributed by atoms with van der Waals surface area (Å²) in [6.45, 7) is 0.473. The van der Waals surface area contributed by atoms with Crippen molar-refractivity contribution in [3.05, 3.63) is 60.4 Å². The number of cyclic esters (lactones) is 1. The predicted molar refractivity (Wildman–Crippen MR) is 107 cm³/mol. The topological polar surface area (TPSA) is 136 Å². The molecule has 3 rings (SSSR count). The first-order chi connectivity index (χ1) is 15.4. The molecule has 2 unspecified atom stereocenters. The summed E-state index contributed by atoms with van der Waals surface area (Å²) < 4.78 is 11.3. The van der Waals surface area contributed by atoms with Crippen LogP contribution in [0.3, 0.4) is 0 Å². The van der Waals surface area contributed by atoms with Crippen LogP contribution in [0.2, 0.25) is 0 Å². The van der Waals surface area contributed by atoms with E-state index in [0.717, 1.165) is 11.3 Å². The molecule has 0 saturated carbocycles. The lowest BCUT2D eigenvalue weighted by Crippen LogP contribution is -2.37. The van der Waals surface area contributed by atoms with E-state index in [2.05, 4.69) is 15.0 Å². The summed E-state index contributed by atoms with van der Waals surface area (Å²) in [5.74, 6) is -4.35. The fourth-order valence-electron chi connectivity index (χ4n) is 2.89. The molecular formula is C22H22N3O7+. The van der Waals surface area contributed by atoms with Gasteiger partial charge < -0.3 is 14.6 Å². The number of pyridine rings is 1. The normalized spacial score (nSPS) is 16.9. The van der Waals surface area contributed by atoms with Crippen LogP contribution in [0.25, 0.3) is 0 Å². The van der Waals surface area contributed by atoms with E-state index in [0.29, 0.717) is 19.5 Å². The van der Waals surface area contributed by atoms with E-state index < -0.39 is 42.3 Å². The van der Waals surface area contributed by atoms with Crippen molar-refractivity contribution in [1.82, 2.24) is 0 Å². The minimum absolute atomic E-state index is 0.0874. The van der Waals surface area contributed by atoms with Crippen molar-refractivity contribution < 1.29 is 38.3 Å². The zero-order chi connectivity index (χ0) is 22.9. The maximum atomic E-state index is 11.8. The summed E-state index contributed by atoms with van der Waals surface area (Å²) in [6.07, 6.45) is 1.12. The Labute approximate surface area is 183 Å². The molecule has 1 aliphatic heterocycles. The fourth-order valence-corrected chi connectivity index (χ4v) is 2.89. The Morgan fingerprint density at radius 3 is 2.50 bits per heavy atom. The third-order valence-electron chi connectivity index (χ3n) is 4.62. The van der Waals surface area contributed by atoms with Gasteiger partial charge in [-0.1, -0.05) is 18.2 Å². The number of aryl methyl sites for hydroxylation is 1. The van der Waals surface area contributed by atoms with E-state index >= 15 is 0 Å². The molecule has 10 nitrogen and oxygen atoms in total. The highest BCUT2D eigenvalue weighted by atomic mass is 16.6. The molecule has 2 aromatic rings. The molecular weight excluding hydrogens is 418 g/mol. The van der Waals surface area contributed by atoms with E-state index in [-0.39, 0.29) is 6.42 Å². The van der Waals surface area contributed by atoms with E-state index in [1.807, 2.05) is 59.4 Å². The Kier molecular flexibility index (Phi) is 7.87. The highest BCUT2D eigenvalue weighted by Gasteiger charge is 2.46. The largest absolute Gasteiger partial charge is 0.463 e. The number of esters is 2. The summed E-state index contributed by atoms with van der Waals surface area (Å²) in [4.78, 5) is 45.4. The lowest BCUT2D eigenvalue weighted by molar-refractivity contribution is -0.697. The molecule has 1 aliphatic rings. The van der Waals surface area contributed by atoms with Gasteiger partial charge in [0.2, 0.25) is 0 Å². The molecule has 1 N–H and O–H groups in total. The number of hydrogen-bond donors (Lipinski definition) is 1. The van der Waals surface area contributed by atoms with Crippen LogP contribution < -0.4 is 4.57 Å². The molecule has 2 atom stereocenters. The number of benzene rings is 1. The molecule has 0 spiro atoms. The number of aliphatic hydroxyl groups excluding tert-OH is 1. The molecule has 10 heteroatoms. The van der Waals surface area contributed by atoms with Gasteiger partial charge in [-0.3, -0.25) is 14.4 Å². The Hall–Kier alpha value is -3.79. The highest BCUT2D eigenvalue weighted by molar-refractivity contribution is 6.65. The van der Waals surface area contributed by atoms with Crippen molar-refractivity contribution in [1.29, 1.82) is 0 Å². The van der Waals surface area contributed by atoms with Crippen molar-refractivity contribution >= 4 is 29.2 Å². The van der Waals surface area contributed by atoms with Crippen LogP contribution in [0.15, 0.2) is 65.1 Å². The number of carbonyl (C=O) groups is 4. The van der Waals surface area contributed by atoms with Crippen molar-refractivity contribution in [3.63, 3.8) is 0 Å². The zero-order valence-electron chi connectivity index (χ0n) is 17.1. The number of nitrogens with zero attached hydrogens (tertiary/aromatic N) is 3. The van der Waals surface area contributed by atoms with Crippen LogP contribution in [-0.2, 0) is 41.7 Å². The average molecular weight is 440 g/mol. The van der Waals surface area contributed by atoms with Crippen molar-refractivity contribution in [3.8, 4) is 0 Å². The number of aromatic nitrogens is 1. The Balaban J connectivity index is 1.34. The van der Waals surface area contributed by atoms with Gasteiger partial charge in [0.05, 0.1) is 18.7 Å². The first-order valence-electron chi connectivity index (χ1n) is 9.97. The summed E-state index contributed by atoms with van der Waals surface area (Å²) >= 11 is 0. The molecule has 2 heterocycles. The summed E-state index contributed by atoms with van der Waals surface area (Å²) in [5.41, 5.74) is 1.79. The number of azo groups is 1. The maximum Gasteiger partial charge on any atom is 0.383 e. The molecule has 0 amide bonds. The maximum absolute atomic E-state index is 11.8. The quantitative estimate of drug-likeness (QED) is 0.252. The van der Waals surface area contributed by atoms with Gasteiger partial charge in [0.1, 0.15) is 19.3 Å². The Bertz CT molecular complexity index is 1010. The van der Waals surface area contributed by atoms with Crippen LogP contribution >= 0.6 is 0 Å². The molecule has 1 aromatic carbocycles. The fraction of sp³-hybridized carbons (Fsp3) is 0.318. The van der Waals surface area contributed by atoms with Crippen molar-refractivity contribution in [2.24, 2.45) is 10.2 Å². The van der Waals surface area contributed by atoms with E-state index in [1.54, 1.807) is 0 Å². The van der Waals surface area contributed by atoms with E-state index in [9.17, 15) is 24.3 Å². The molecule has 0 bridgehead atoms. The molecule has 1 saturated heterocycles. The third-order valence-corrected chi connectivity index (χ3v) is 4.62. The number of Topliss-reactive ketones (excluding diaryl/α,β-unsaturated/α-hetero) is 2. The molecule has 0 aliphatic carbocycles. The van der Waals surface area contributed by atoms with Gasteiger partial charge in [-0.15, -0.1) is 0 Å². The Morgan fingerprint density at radius 2 is 1.84 bits per heavy atom. The lowest BCUT2D eigenvalue weighted by Gasteiger charge is -2.14. The van der Waals surface area contributed by atoms with E-state index in [4.69, 9.17) is 4.74 Å². The van der Waals surface area contributed by atoms with Gasteiger partial charge in [0.15, 0.2) is 18.5 Å². The van der Waals surface area contributed by atoms with Crippen LogP contribution in [0, 0.1) is 0 Å². The number of hydrogen-bond acceptors (Lipinski definition) is 9. The number of rotatable bonds is 10. The minimum Gasteiger partial charge on any atom is -0.463 e. The second kappa shape index (κ2) is 11.0. The number of carbonyl (C=O) groups excluding carboxylic acids is 4. The molecule has 0 radical (unpaired) electrons. The Morgan fingerprint density at radius 1 is 1.12 bits per heavy atom. The number of ether oxygens (including phenoxy) is 2. The first kappa shape index (κ1) is 22.9. The third kappa shape index (κ3) is 6.35. The minimum atomic E-state index is -1.62. The van der Waals surface area contributed by atoms with Gasteiger partial charge in [0, 0.05) is 18.6 Å². The standard InChI is InChI=1S/C22H22N3O7/c26-17(21-19(28)20(29)22(30)32-21)14-31-18(27)7-4-10-25-11-8-15(9-12-25)13-23-24-16-5-2-1-3-6-16/h1-3,5-6,8-9,11-12,17,21,26H,4,7,10,13-14H2/q+1. The van der Waals surface area contributed by atoms with Crippen LogP contribution in [0.1, 0.15) is 18.4 Å². The lowest BCUT2D eigenvalue weighted by atomic mass is 10.1. The number of aliphatic hydroxyl groups is 1. The predicted octanol–water partition coefficient (Wildman–Crippen LogP) is 1.01. The van der Waals surface area contributed by atoms with Crippen LogP contribution in [-0.4, -0.2) is 47.4 Å². The van der Waals surface area contributed by atoms with Crippen molar-refractivity contribution in [2.75, 3.05) is 6.61 Å². The monoisotopic (exact) mass is 440 g/mol. The molecule has 1 fully saturated rings. The number of ketones is 2. The van der Waals surface area contributed by atoms with Gasteiger partial charge in [-0.05, 0) is 17.7 Å². The molecule has 1 aromatic heterocycles. The smallest absolute Gasteiger partial charge is 0.383 e. The second-order valence-electron chi connectivity index (χ2n) is 7.05. The van der Waals surface area contributed by atoms with Gasteiger partial charge >= 0.3 is 17.7 Å². The molecule has 166 valence electrons. The summed E-state index contributed by atoms with van der Waals surface area (Å²) in [6, 6.07) is 13.3. The summed E-state index contributed by atoms with van der Waals surface area (Å²) in [5, 5.41) is 18.1. The van der Waals surface area contributed by atoms with Crippen molar-refractivity contribution in [2.45, 2.75) is 38.1 Å². The first-order valence-corrected chi connectivity index (χ1v) is 9.97. The highest BCUT2D eigenvalue weighted by Crippen LogP contribution is 2.13. The molecule has 32 heavy (non-hydrogen) atoms. The summed E-state index contributed by atoms with van der Waals surface area (Å²) in [7, 11) is 0. The zero-order valence-corrected chi connectivity index (χ0v) is 17.1. The van der Waals surface area contributed by atoms with Crippen LogP contribution in [0.4, 0.5) is 5.69 Å². The average Bonchev–Trinajstić information content (AvgIpc) is 3.06. The SMILES string of the molecule is O=C(CCC[n+]1ccc(CN=Nc2ccccc2)cc1)OCC(O)C1OC(=O)C(=O)C1=O. The van der Waals surface area contributed by atoms with Gasteiger partial charge in [-0.2, -0.15) is 10.2 Å². The van der Waals surface area contributed by atoms with E-state index in [1.165, 1.54) is 0 Å². The van der Waals surface area contributed by atoms with Gasteiger partial charge in [-0.25, -0.2) is 9.36 Å².